The lowest BCUT2D eigenvalue weighted by atomic mass is 9.95. The predicted molar refractivity (Wildman–Crippen MR) is 65.2 cm³/mol. The zero-order valence-electron chi connectivity index (χ0n) is 9.05. The maximum atomic E-state index is 9.11. The van der Waals surface area contributed by atoms with Gasteiger partial charge in [-0.3, -0.25) is 0 Å². The Hall–Kier alpha value is -0.930. The van der Waals surface area contributed by atoms with Crippen LogP contribution in [-0.4, -0.2) is 18.3 Å². The molecular weight excluding hydrogens is 212 g/mol. The second-order valence-electron chi connectivity index (χ2n) is 4.38. The van der Waals surface area contributed by atoms with Crippen molar-refractivity contribution in [2.75, 3.05) is 24.2 Å². The van der Waals surface area contributed by atoms with E-state index in [4.69, 9.17) is 22.4 Å². The Morgan fingerprint density at radius 2 is 2.13 bits per heavy atom. The van der Waals surface area contributed by atoms with Crippen LogP contribution in [0.4, 0.5) is 11.4 Å². The van der Waals surface area contributed by atoms with Crippen molar-refractivity contribution in [3.63, 3.8) is 0 Å². The van der Waals surface area contributed by atoms with Gasteiger partial charge >= 0.3 is 0 Å². The fourth-order valence-corrected chi connectivity index (χ4v) is 1.36. The summed E-state index contributed by atoms with van der Waals surface area (Å²) in [6, 6.07) is 5.38. The van der Waals surface area contributed by atoms with E-state index in [0.717, 1.165) is 5.69 Å². The van der Waals surface area contributed by atoms with Gasteiger partial charge in [-0.2, -0.15) is 0 Å². The van der Waals surface area contributed by atoms with Gasteiger partial charge in [-0.1, -0.05) is 31.5 Å². The zero-order chi connectivity index (χ0) is 11.5. The Kier molecular flexibility index (Phi) is 3.83. The van der Waals surface area contributed by atoms with E-state index in [2.05, 4.69) is 5.32 Å². The highest BCUT2D eigenvalue weighted by Gasteiger charge is 2.17. The predicted octanol–water partition coefficient (Wildman–Crippen LogP) is 2.35. The van der Waals surface area contributed by atoms with Crippen molar-refractivity contribution in [3.05, 3.63) is 23.2 Å². The molecule has 1 rings (SSSR count). The van der Waals surface area contributed by atoms with E-state index < -0.39 is 0 Å². The first kappa shape index (κ1) is 12.1. The van der Waals surface area contributed by atoms with Crippen LogP contribution in [0.25, 0.3) is 0 Å². The summed E-state index contributed by atoms with van der Waals surface area (Å²) in [7, 11) is 0. The second-order valence-corrected chi connectivity index (χ2v) is 4.79. The van der Waals surface area contributed by atoms with Gasteiger partial charge in [0.25, 0.3) is 0 Å². The van der Waals surface area contributed by atoms with Gasteiger partial charge in [0.2, 0.25) is 0 Å². The molecule has 0 saturated carbocycles. The van der Waals surface area contributed by atoms with E-state index in [0.29, 0.717) is 17.3 Å². The molecule has 0 aliphatic carbocycles. The highest BCUT2D eigenvalue weighted by atomic mass is 35.5. The van der Waals surface area contributed by atoms with E-state index >= 15 is 0 Å². The molecule has 1 aromatic carbocycles. The maximum Gasteiger partial charge on any atom is 0.0763 e. The van der Waals surface area contributed by atoms with Gasteiger partial charge in [0.1, 0.15) is 0 Å². The lowest BCUT2D eigenvalue weighted by molar-refractivity contribution is 0.171. The number of para-hydroxylation sites is 1. The number of halogens is 1. The summed E-state index contributed by atoms with van der Waals surface area (Å²) in [5, 5.41) is 12.9. The topological polar surface area (TPSA) is 58.3 Å². The van der Waals surface area contributed by atoms with Crippen molar-refractivity contribution in [2.45, 2.75) is 13.8 Å². The van der Waals surface area contributed by atoms with Gasteiger partial charge in [0, 0.05) is 18.6 Å². The maximum absolute atomic E-state index is 9.11. The van der Waals surface area contributed by atoms with Crippen molar-refractivity contribution in [2.24, 2.45) is 5.41 Å². The smallest absolute Gasteiger partial charge is 0.0763 e. The average molecular weight is 229 g/mol. The average Bonchev–Trinajstić information content (AvgIpc) is 2.17. The van der Waals surface area contributed by atoms with Crippen molar-refractivity contribution in [1.29, 1.82) is 0 Å². The Balaban J connectivity index is 2.73. The quantitative estimate of drug-likeness (QED) is 0.694. The standard InChI is InChI=1S/C11H17ClN2O/c1-11(2,7-15)6-14-10-8(12)4-3-5-9(10)13/h3-5,14-15H,6-7,13H2,1-2H3. The molecule has 0 atom stereocenters. The summed E-state index contributed by atoms with van der Waals surface area (Å²) in [6.07, 6.45) is 0. The van der Waals surface area contributed by atoms with Crippen molar-refractivity contribution >= 4 is 23.0 Å². The normalized spacial score (nSPS) is 11.5. The van der Waals surface area contributed by atoms with E-state index in [1.54, 1.807) is 18.2 Å². The second kappa shape index (κ2) is 4.73. The lowest BCUT2D eigenvalue weighted by Gasteiger charge is -2.23. The number of nitrogen functional groups attached to an aromatic ring is 1. The summed E-state index contributed by atoms with van der Waals surface area (Å²) < 4.78 is 0. The largest absolute Gasteiger partial charge is 0.397 e. The van der Waals surface area contributed by atoms with E-state index in [1.807, 2.05) is 13.8 Å². The first-order chi connectivity index (χ1) is 6.96. The van der Waals surface area contributed by atoms with Gasteiger partial charge in [-0.15, -0.1) is 0 Å². The number of aliphatic hydroxyl groups excluding tert-OH is 1. The third kappa shape index (κ3) is 3.29. The Bertz CT molecular complexity index is 319. The summed E-state index contributed by atoms with van der Waals surface area (Å²) in [5.41, 5.74) is 6.95. The van der Waals surface area contributed by atoms with Gasteiger partial charge in [0.15, 0.2) is 0 Å². The molecule has 15 heavy (non-hydrogen) atoms. The van der Waals surface area contributed by atoms with Crippen molar-refractivity contribution in [3.8, 4) is 0 Å². The number of hydrogen-bond donors (Lipinski definition) is 3. The van der Waals surface area contributed by atoms with Crippen molar-refractivity contribution in [1.82, 2.24) is 0 Å². The number of anilines is 2. The lowest BCUT2D eigenvalue weighted by Crippen LogP contribution is -2.27. The molecule has 0 fully saturated rings. The first-order valence-electron chi connectivity index (χ1n) is 4.85. The number of aliphatic hydroxyl groups is 1. The molecule has 1 aromatic rings. The molecule has 0 spiro atoms. The molecule has 0 aliphatic rings. The number of hydrogen-bond acceptors (Lipinski definition) is 3. The van der Waals surface area contributed by atoms with Crippen LogP contribution in [0.2, 0.25) is 5.02 Å². The molecule has 0 amide bonds. The van der Waals surface area contributed by atoms with E-state index in [-0.39, 0.29) is 12.0 Å². The number of nitrogens with one attached hydrogen (secondary N) is 1. The van der Waals surface area contributed by atoms with E-state index in [9.17, 15) is 0 Å². The van der Waals surface area contributed by atoms with Crippen LogP contribution in [0, 0.1) is 5.41 Å². The fourth-order valence-electron chi connectivity index (χ4n) is 1.11. The van der Waals surface area contributed by atoms with Gasteiger partial charge in [-0.05, 0) is 12.1 Å². The molecule has 0 heterocycles. The van der Waals surface area contributed by atoms with Crippen LogP contribution in [0.3, 0.4) is 0 Å². The van der Waals surface area contributed by atoms with E-state index in [1.165, 1.54) is 0 Å². The highest BCUT2D eigenvalue weighted by molar-refractivity contribution is 6.33. The minimum absolute atomic E-state index is 0.115. The third-order valence-corrected chi connectivity index (χ3v) is 2.53. The van der Waals surface area contributed by atoms with Gasteiger partial charge in [-0.25, -0.2) is 0 Å². The molecule has 84 valence electrons. The Morgan fingerprint density at radius 1 is 1.47 bits per heavy atom. The molecule has 3 nitrogen and oxygen atoms in total. The molecule has 0 aliphatic heterocycles. The Morgan fingerprint density at radius 3 is 2.67 bits per heavy atom. The van der Waals surface area contributed by atoms with Crippen molar-refractivity contribution < 1.29 is 5.11 Å². The Labute approximate surface area is 95.2 Å². The van der Waals surface area contributed by atoms with Gasteiger partial charge < -0.3 is 16.2 Å². The van der Waals surface area contributed by atoms with Crippen LogP contribution in [0.15, 0.2) is 18.2 Å². The summed E-state index contributed by atoms with van der Waals surface area (Å²) in [5.74, 6) is 0. The third-order valence-electron chi connectivity index (χ3n) is 2.22. The molecule has 0 radical (unpaired) electrons. The zero-order valence-corrected chi connectivity index (χ0v) is 9.80. The first-order valence-corrected chi connectivity index (χ1v) is 5.23. The molecule has 0 saturated heterocycles. The number of benzene rings is 1. The van der Waals surface area contributed by atoms with Gasteiger partial charge in [0.05, 0.1) is 16.4 Å². The van der Waals surface area contributed by atoms with Crippen LogP contribution in [-0.2, 0) is 0 Å². The molecule has 0 aromatic heterocycles. The fraction of sp³-hybridized carbons (Fsp3) is 0.455. The summed E-state index contributed by atoms with van der Waals surface area (Å²) in [4.78, 5) is 0. The monoisotopic (exact) mass is 228 g/mol. The van der Waals surface area contributed by atoms with Crippen LogP contribution in [0.1, 0.15) is 13.8 Å². The molecule has 4 N–H and O–H groups in total. The number of rotatable bonds is 4. The number of nitrogens with two attached hydrogens (primary N) is 1. The molecular formula is C11H17ClN2O. The SMILES string of the molecule is CC(C)(CO)CNc1c(N)cccc1Cl. The summed E-state index contributed by atoms with van der Waals surface area (Å²) >= 11 is 6.00. The molecule has 0 unspecified atom stereocenters. The minimum Gasteiger partial charge on any atom is -0.397 e. The summed E-state index contributed by atoms with van der Waals surface area (Å²) in [6.45, 7) is 4.67. The minimum atomic E-state index is -0.189. The highest BCUT2D eigenvalue weighted by Crippen LogP contribution is 2.29. The van der Waals surface area contributed by atoms with Crippen LogP contribution < -0.4 is 11.1 Å². The van der Waals surface area contributed by atoms with Crippen LogP contribution >= 0.6 is 11.6 Å². The molecule has 4 heteroatoms. The molecule has 0 bridgehead atoms. The van der Waals surface area contributed by atoms with Crippen LogP contribution in [0.5, 0.6) is 0 Å².